The Morgan fingerprint density at radius 1 is 1.48 bits per heavy atom. The van der Waals surface area contributed by atoms with Gasteiger partial charge in [0.25, 0.3) is 0 Å². The lowest BCUT2D eigenvalue weighted by molar-refractivity contribution is -0.138. The number of aromatic amines is 1. The second kappa shape index (κ2) is 7.65. The van der Waals surface area contributed by atoms with Gasteiger partial charge >= 0.3 is 0 Å². The molecule has 3 rings (SSSR count). The summed E-state index contributed by atoms with van der Waals surface area (Å²) in [6, 6.07) is 3.85. The Kier molecular flexibility index (Phi) is 5.33. The number of nitrogens with zero attached hydrogens (tertiary/aromatic N) is 3. The molecule has 0 radical (unpaired) electrons. The first-order valence-corrected chi connectivity index (χ1v) is 8.63. The lowest BCUT2D eigenvalue weighted by Crippen LogP contribution is -2.46. The number of carbonyl (C=O) groups excluding carboxylic acids is 1. The number of aromatic nitrogens is 3. The van der Waals surface area contributed by atoms with Crippen LogP contribution in [0.4, 0.5) is 5.82 Å². The monoisotopic (exact) mass is 343 g/mol. The number of H-pyrrole nitrogens is 1. The molecule has 1 aliphatic rings. The number of amides is 1. The third-order valence-electron chi connectivity index (χ3n) is 4.70. The summed E-state index contributed by atoms with van der Waals surface area (Å²) in [5.41, 5.74) is 9.72. The van der Waals surface area contributed by atoms with Crippen LogP contribution in [0.25, 0.3) is 0 Å². The highest BCUT2D eigenvalue weighted by atomic mass is 16.5. The number of ether oxygens (including phenoxy) is 1. The number of nitrogens with two attached hydrogens (primary N) is 1. The Morgan fingerprint density at radius 3 is 3.04 bits per heavy atom. The maximum Gasteiger partial charge on any atom is 0.227 e. The molecule has 7 nitrogen and oxygen atoms in total. The number of pyridine rings is 1. The van der Waals surface area contributed by atoms with Gasteiger partial charge < -0.3 is 15.4 Å². The minimum absolute atomic E-state index is 0.0543. The molecule has 0 bridgehead atoms. The van der Waals surface area contributed by atoms with Gasteiger partial charge in [0.15, 0.2) is 0 Å². The molecular weight excluding hydrogens is 318 g/mol. The van der Waals surface area contributed by atoms with Crippen molar-refractivity contribution in [3.8, 4) is 0 Å². The number of aryl methyl sites for hydroxylation is 3. The fraction of sp³-hybridized carbons (Fsp3) is 0.500. The van der Waals surface area contributed by atoms with E-state index in [0.29, 0.717) is 31.9 Å². The van der Waals surface area contributed by atoms with E-state index in [1.807, 2.05) is 30.9 Å². The zero-order chi connectivity index (χ0) is 17.8. The van der Waals surface area contributed by atoms with Gasteiger partial charge in [-0.15, -0.1) is 0 Å². The number of nitrogen functional groups attached to an aromatic ring is 1. The summed E-state index contributed by atoms with van der Waals surface area (Å²) in [5, 5.41) is 7.10. The highest BCUT2D eigenvalue weighted by Crippen LogP contribution is 2.16. The van der Waals surface area contributed by atoms with Crippen molar-refractivity contribution in [1.29, 1.82) is 0 Å². The summed E-state index contributed by atoms with van der Waals surface area (Å²) in [7, 11) is 0. The van der Waals surface area contributed by atoms with E-state index in [2.05, 4.69) is 15.2 Å². The molecule has 3 heterocycles. The number of hydrogen-bond donors (Lipinski definition) is 2. The second-order valence-corrected chi connectivity index (χ2v) is 6.55. The van der Waals surface area contributed by atoms with Crippen molar-refractivity contribution in [3.63, 3.8) is 0 Å². The molecule has 3 N–H and O–H groups in total. The molecule has 1 aliphatic heterocycles. The molecule has 7 heteroatoms. The second-order valence-electron chi connectivity index (χ2n) is 6.55. The number of hydrogen-bond acceptors (Lipinski definition) is 5. The van der Waals surface area contributed by atoms with Gasteiger partial charge in [-0.1, -0.05) is 0 Å². The molecule has 0 aliphatic carbocycles. The molecule has 1 atom stereocenters. The van der Waals surface area contributed by atoms with Crippen LogP contribution >= 0.6 is 0 Å². The molecule has 25 heavy (non-hydrogen) atoms. The first-order valence-electron chi connectivity index (χ1n) is 8.63. The number of rotatable bonds is 5. The Morgan fingerprint density at radius 2 is 2.32 bits per heavy atom. The molecule has 0 spiro atoms. The van der Waals surface area contributed by atoms with Crippen molar-refractivity contribution >= 4 is 11.7 Å². The van der Waals surface area contributed by atoms with Gasteiger partial charge in [-0.05, 0) is 44.4 Å². The highest BCUT2D eigenvalue weighted by Gasteiger charge is 2.25. The van der Waals surface area contributed by atoms with Crippen LogP contribution in [0.5, 0.6) is 0 Å². The maximum atomic E-state index is 12.6. The lowest BCUT2D eigenvalue weighted by Gasteiger charge is -2.33. The van der Waals surface area contributed by atoms with Crippen molar-refractivity contribution in [2.45, 2.75) is 39.2 Å². The topological polar surface area (TPSA) is 97.1 Å². The molecule has 1 fully saturated rings. The number of anilines is 1. The number of carbonyl (C=O) groups is 1. The van der Waals surface area contributed by atoms with Crippen molar-refractivity contribution in [2.24, 2.45) is 0 Å². The van der Waals surface area contributed by atoms with Gasteiger partial charge in [-0.2, -0.15) is 5.10 Å². The summed E-state index contributed by atoms with van der Waals surface area (Å²) in [5.74, 6) is 0.666. The molecule has 0 aromatic carbocycles. The van der Waals surface area contributed by atoms with E-state index >= 15 is 0 Å². The SMILES string of the molecule is Cc1n[nH]c(C)c1CC(=O)N1CCOC(CCc2ccnc(N)c2)C1. The first kappa shape index (κ1) is 17.4. The molecule has 1 unspecified atom stereocenters. The zero-order valence-electron chi connectivity index (χ0n) is 14.8. The maximum absolute atomic E-state index is 12.6. The quantitative estimate of drug-likeness (QED) is 0.855. The van der Waals surface area contributed by atoms with Crippen molar-refractivity contribution in [2.75, 3.05) is 25.4 Å². The van der Waals surface area contributed by atoms with Gasteiger partial charge in [0.2, 0.25) is 5.91 Å². The third-order valence-corrected chi connectivity index (χ3v) is 4.70. The molecular formula is C18H25N5O2. The predicted molar refractivity (Wildman–Crippen MR) is 95.1 cm³/mol. The Labute approximate surface area is 147 Å². The number of morpholine rings is 1. The summed E-state index contributed by atoms with van der Waals surface area (Å²) < 4.78 is 5.83. The van der Waals surface area contributed by atoms with Crippen molar-refractivity contribution in [1.82, 2.24) is 20.1 Å². The Hall–Kier alpha value is -2.41. The van der Waals surface area contributed by atoms with Crippen LogP contribution in [0.15, 0.2) is 18.3 Å². The van der Waals surface area contributed by atoms with Crippen LogP contribution in [0.2, 0.25) is 0 Å². The minimum atomic E-state index is 0.0543. The van der Waals surface area contributed by atoms with Crippen LogP contribution in [-0.2, 0) is 22.4 Å². The van der Waals surface area contributed by atoms with Crippen LogP contribution in [-0.4, -0.2) is 51.8 Å². The minimum Gasteiger partial charge on any atom is -0.384 e. The Bertz CT molecular complexity index is 723. The van der Waals surface area contributed by atoms with E-state index in [9.17, 15) is 4.79 Å². The summed E-state index contributed by atoms with van der Waals surface area (Å²) in [6.07, 6.45) is 3.88. The van der Waals surface area contributed by atoms with Crippen LogP contribution < -0.4 is 5.73 Å². The fourth-order valence-corrected chi connectivity index (χ4v) is 3.20. The van der Waals surface area contributed by atoms with Crippen LogP contribution in [0, 0.1) is 13.8 Å². The van der Waals surface area contributed by atoms with Gasteiger partial charge in [0.1, 0.15) is 5.82 Å². The van der Waals surface area contributed by atoms with E-state index in [4.69, 9.17) is 10.5 Å². The standard InChI is InChI=1S/C18H25N5O2/c1-12-16(13(2)22-21-12)10-18(24)23-7-8-25-15(11-23)4-3-14-5-6-20-17(19)9-14/h5-6,9,15H,3-4,7-8,10-11H2,1-2H3,(H2,19,20)(H,21,22). The molecule has 1 amide bonds. The number of nitrogens with one attached hydrogen (secondary N) is 1. The van der Waals surface area contributed by atoms with Gasteiger partial charge in [-0.25, -0.2) is 4.98 Å². The molecule has 0 saturated carbocycles. The first-order chi connectivity index (χ1) is 12.0. The van der Waals surface area contributed by atoms with E-state index in [1.165, 1.54) is 0 Å². The van der Waals surface area contributed by atoms with Gasteiger partial charge in [0.05, 0.1) is 24.8 Å². The molecule has 134 valence electrons. The summed E-state index contributed by atoms with van der Waals surface area (Å²) in [4.78, 5) is 18.5. The predicted octanol–water partition coefficient (Wildman–Crippen LogP) is 1.41. The van der Waals surface area contributed by atoms with Crippen LogP contribution in [0.3, 0.4) is 0 Å². The smallest absolute Gasteiger partial charge is 0.227 e. The average molecular weight is 343 g/mol. The molecule has 1 saturated heterocycles. The van der Waals surface area contributed by atoms with E-state index in [1.54, 1.807) is 6.20 Å². The highest BCUT2D eigenvalue weighted by molar-refractivity contribution is 5.79. The third kappa shape index (κ3) is 4.36. The largest absolute Gasteiger partial charge is 0.384 e. The fourth-order valence-electron chi connectivity index (χ4n) is 3.20. The summed E-state index contributed by atoms with van der Waals surface area (Å²) in [6.45, 7) is 5.74. The molecule has 2 aromatic rings. The lowest BCUT2D eigenvalue weighted by atomic mass is 10.1. The van der Waals surface area contributed by atoms with Gasteiger partial charge in [-0.3, -0.25) is 9.89 Å². The zero-order valence-corrected chi connectivity index (χ0v) is 14.8. The Balaban J connectivity index is 1.54. The van der Waals surface area contributed by atoms with Crippen molar-refractivity contribution < 1.29 is 9.53 Å². The van der Waals surface area contributed by atoms with E-state index < -0.39 is 0 Å². The van der Waals surface area contributed by atoms with E-state index in [0.717, 1.165) is 35.4 Å². The normalized spacial score (nSPS) is 17.7. The van der Waals surface area contributed by atoms with E-state index in [-0.39, 0.29) is 12.0 Å². The van der Waals surface area contributed by atoms with Crippen molar-refractivity contribution in [3.05, 3.63) is 40.8 Å². The average Bonchev–Trinajstić information content (AvgIpc) is 2.92. The van der Waals surface area contributed by atoms with Crippen LogP contribution in [0.1, 0.15) is 28.9 Å². The van der Waals surface area contributed by atoms with Gasteiger partial charge in [0, 0.05) is 30.5 Å². The molecule has 2 aromatic heterocycles. The summed E-state index contributed by atoms with van der Waals surface area (Å²) >= 11 is 0.